The summed E-state index contributed by atoms with van der Waals surface area (Å²) in [6.45, 7) is 3.11. The zero-order chi connectivity index (χ0) is 17.1. The zero-order valence-corrected chi connectivity index (χ0v) is 16.4. The van der Waals surface area contributed by atoms with Crippen molar-refractivity contribution in [3.63, 3.8) is 0 Å². The fraction of sp³-hybridized carbons (Fsp3) is 0.737. The van der Waals surface area contributed by atoms with Crippen molar-refractivity contribution in [1.29, 1.82) is 0 Å². The van der Waals surface area contributed by atoms with E-state index in [1.54, 1.807) is 11.3 Å². The first-order chi connectivity index (χ1) is 12.3. The normalized spacial score (nSPS) is 26.8. The summed E-state index contributed by atoms with van der Waals surface area (Å²) in [5, 5.41) is 3.26. The molecule has 0 spiro atoms. The molecule has 3 saturated heterocycles. The topological polar surface area (TPSA) is 41.6 Å². The Morgan fingerprint density at radius 1 is 1.12 bits per heavy atom. The molecule has 0 saturated carbocycles. The van der Waals surface area contributed by atoms with Crippen LogP contribution in [-0.2, 0) is 4.74 Å². The molecule has 138 valence electrons. The Balaban J connectivity index is 1.26. The van der Waals surface area contributed by atoms with E-state index in [9.17, 15) is 4.79 Å². The van der Waals surface area contributed by atoms with E-state index in [0.717, 1.165) is 56.3 Å². The molecular weight excluding hydrogens is 352 g/mol. The molecule has 1 N–H and O–H groups in total. The first-order valence-corrected chi connectivity index (χ1v) is 11.6. The summed E-state index contributed by atoms with van der Waals surface area (Å²) in [5.41, 5.74) is 0. The largest absolute Gasteiger partial charge is 0.373 e. The summed E-state index contributed by atoms with van der Waals surface area (Å²) in [5.74, 6) is 2.72. The fourth-order valence-electron chi connectivity index (χ4n) is 4.17. The van der Waals surface area contributed by atoms with Gasteiger partial charge in [0, 0.05) is 36.7 Å². The maximum atomic E-state index is 12.6. The van der Waals surface area contributed by atoms with Crippen LogP contribution in [0.4, 0.5) is 0 Å². The molecule has 0 aromatic carbocycles. The average molecular weight is 381 g/mol. The molecule has 3 fully saturated rings. The molecule has 3 aliphatic rings. The minimum absolute atomic E-state index is 0.0989. The third-order valence-corrected chi connectivity index (χ3v) is 7.89. The van der Waals surface area contributed by atoms with E-state index in [0.29, 0.717) is 6.04 Å². The smallest absolute Gasteiger partial charge is 0.261 e. The number of carbonyl (C=O) groups is 1. The number of thioether (sulfide) groups is 1. The van der Waals surface area contributed by atoms with Crippen molar-refractivity contribution in [3.05, 3.63) is 21.9 Å². The molecule has 3 aliphatic heterocycles. The second-order valence-electron chi connectivity index (χ2n) is 7.33. The molecule has 6 heteroatoms. The van der Waals surface area contributed by atoms with E-state index < -0.39 is 0 Å². The number of thiophene rings is 1. The van der Waals surface area contributed by atoms with E-state index in [1.807, 2.05) is 6.07 Å². The molecule has 4 rings (SSSR count). The molecule has 1 aromatic rings. The molecule has 1 atom stereocenters. The highest BCUT2D eigenvalue weighted by atomic mass is 32.2. The van der Waals surface area contributed by atoms with Crippen LogP contribution in [0.15, 0.2) is 12.1 Å². The Hall–Kier alpha value is -0.560. The molecule has 4 nitrogen and oxygen atoms in total. The lowest BCUT2D eigenvalue weighted by atomic mass is 10.0. The average Bonchev–Trinajstić information content (AvgIpc) is 3.35. The van der Waals surface area contributed by atoms with Gasteiger partial charge in [0.05, 0.1) is 11.0 Å². The number of hydrogen-bond acceptors (Lipinski definition) is 5. The van der Waals surface area contributed by atoms with Gasteiger partial charge in [-0.05, 0) is 62.2 Å². The number of nitrogens with zero attached hydrogens (tertiary/aromatic N) is 1. The predicted octanol–water partition coefficient (Wildman–Crippen LogP) is 3.69. The summed E-state index contributed by atoms with van der Waals surface area (Å²) in [6, 6.07) is 5.14. The van der Waals surface area contributed by atoms with Gasteiger partial charge in [0.15, 0.2) is 0 Å². The SMILES string of the molecule is O=C(NC1CCN(C2CCSCC2)CC1)c1ccc(C2CCCO2)s1. The van der Waals surface area contributed by atoms with Gasteiger partial charge in [0.1, 0.15) is 0 Å². The number of piperidine rings is 1. The van der Waals surface area contributed by atoms with Crippen LogP contribution in [0.25, 0.3) is 0 Å². The van der Waals surface area contributed by atoms with Gasteiger partial charge in [-0.3, -0.25) is 4.79 Å². The lowest BCUT2D eigenvalue weighted by Gasteiger charge is -2.39. The van der Waals surface area contributed by atoms with E-state index in [2.05, 4.69) is 28.0 Å². The van der Waals surface area contributed by atoms with E-state index in [1.165, 1.54) is 29.2 Å². The molecule has 25 heavy (non-hydrogen) atoms. The maximum absolute atomic E-state index is 12.6. The van der Waals surface area contributed by atoms with Crippen LogP contribution >= 0.6 is 23.1 Å². The highest BCUT2D eigenvalue weighted by Crippen LogP contribution is 2.33. The summed E-state index contributed by atoms with van der Waals surface area (Å²) >= 11 is 3.69. The molecular formula is C19H28N2O2S2. The van der Waals surface area contributed by atoms with Crippen molar-refractivity contribution >= 4 is 29.0 Å². The summed E-state index contributed by atoms with van der Waals surface area (Å²) < 4.78 is 5.72. The van der Waals surface area contributed by atoms with Gasteiger partial charge in [0.25, 0.3) is 5.91 Å². The molecule has 4 heterocycles. The van der Waals surface area contributed by atoms with Gasteiger partial charge in [0.2, 0.25) is 0 Å². The number of amides is 1. The lowest BCUT2D eigenvalue weighted by molar-refractivity contribution is 0.0890. The summed E-state index contributed by atoms with van der Waals surface area (Å²) in [4.78, 5) is 17.3. The van der Waals surface area contributed by atoms with Gasteiger partial charge in [-0.1, -0.05) is 0 Å². The molecule has 0 radical (unpaired) electrons. The number of hydrogen-bond donors (Lipinski definition) is 1. The minimum atomic E-state index is 0.0989. The number of carbonyl (C=O) groups excluding carboxylic acids is 1. The van der Waals surface area contributed by atoms with Gasteiger partial charge in [-0.15, -0.1) is 11.3 Å². The number of likely N-dealkylation sites (tertiary alicyclic amines) is 1. The molecule has 0 bridgehead atoms. The van der Waals surface area contributed by atoms with E-state index >= 15 is 0 Å². The summed E-state index contributed by atoms with van der Waals surface area (Å²) in [7, 11) is 0. The Morgan fingerprint density at radius 3 is 2.64 bits per heavy atom. The molecule has 1 unspecified atom stereocenters. The Morgan fingerprint density at radius 2 is 1.92 bits per heavy atom. The van der Waals surface area contributed by atoms with Gasteiger partial charge in [-0.2, -0.15) is 11.8 Å². The van der Waals surface area contributed by atoms with Crippen LogP contribution in [0.5, 0.6) is 0 Å². The van der Waals surface area contributed by atoms with Crippen LogP contribution in [0.2, 0.25) is 0 Å². The quantitative estimate of drug-likeness (QED) is 0.865. The number of nitrogens with one attached hydrogen (secondary N) is 1. The molecule has 0 aliphatic carbocycles. The molecule has 1 amide bonds. The third kappa shape index (κ3) is 4.41. The first-order valence-electron chi connectivity index (χ1n) is 9.63. The zero-order valence-electron chi connectivity index (χ0n) is 14.7. The standard InChI is InChI=1S/C19H28N2O2S2/c22-19(18-4-3-17(25-18)16-2-1-11-23-16)20-14-5-9-21(10-6-14)15-7-12-24-13-8-15/h3-4,14-16H,1-2,5-13H2,(H,20,22). The maximum Gasteiger partial charge on any atom is 0.261 e. The second kappa shape index (κ2) is 8.42. The van der Waals surface area contributed by atoms with Crippen LogP contribution in [0, 0.1) is 0 Å². The summed E-state index contributed by atoms with van der Waals surface area (Å²) in [6.07, 6.45) is 7.26. The monoisotopic (exact) mass is 380 g/mol. The van der Waals surface area contributed by atoms with Crippen molar-refractivity contribution in [2.45, 2.75) is 56.7 Å². The van der Waals surface area contributed by atoms with Gasteiger partial charge >= 0.3 is 0 Å². The number of rotatable bonds is 4. The van der Waals surface area contributed by atoms with Gasteiger partial charge in [-0.25, -0.2) is 0 Å². The van der Waals surface area contributed by atoms with E-state index in [-0.39, 0.29) is 12.0 Å². The van der Waals surface area contributed by atoms with Gasteiger partial charge < -0.3 is 15.0 Å². The van der Waals surface area contributed by atoms with Crippen molar-refractivity contribution in [2.24, 2.45) is 0 Å². The Bertz CT molecular complexity index is 572. The Labute approximate surface area is 158 Å². The highest BCUT2D eigenvalue weighted by molar-refractivity contribution is 7.99. The Kier molecular flexibility index (Phi) is 6.01. The van der Waals surface area contributed by atoms with Crippen LogP contribution in [0.1, 0.15) is 59.2 Å². The van der Waals surface area contributed by atoms with Crippen LogP contribution in [-0.4, -0.2) is 54.1 Å². The minimum Gasteiger partial charge on any atom is -0.373 e. The third-order valence-electron chi connectivity index (χ3n) is 5.67. The van der Waals surface area contributed by atoms with Crippen molar-refractivity contribution in [2.75, 3.05) is 31.2 Å². The van der Waals surface area contributed by atoms with E-state index in [4.69, 9.17) is 4.74 Å². The first kappa shape index (κ1) is 17.8. The van der Waals surface area contributed by atoms with Crippen LogP contribution < -0.4 is 5.32 Å². The van der Waals surface area contributed by atoms with Crippen molar-refractivity contribution < 1.29 is 9.53 Å². The van der Waals surface area contributed by atoms with Crippen LogP contribution in [0.3, 0.4) is 0 Å². The predicted molar refractivity (Wildman–Crippen MR) is 105 cm³/mol. The fourth-order valence-corrected chi connectivity index (χ4v) is 6.24. The van der Waals surface area contributed by atoms with Crippen molar-refractivity contribution in [3.8, 4) is 0 Å². The number of ether oxygens (including phenoxy) is 1. The lowest BCUT2D eigenvalue weighted by Crippen LogP contribution is -2.48. The second-order valence-corrected chi connectivity index (χ2v) is 9.67. The van der Waals surface area contributed by atoms with Crippen molar-refractivity contribution in [1.82, 2.24) is 10.2 Å². The molecule has 1 aromatic heterocycles. The highest BCUT2D eigenvalue weighted by Gasteiger charge is 2.27.